The van der Waals surface area contributed by atoms with E-state index in [0.717, 1.165) is 38.7 Å². The number of fused-ring (bicyclic) bond motifs is 3. The third-order valence-corrected chi connectivity index (χ3v) is 4.41. The molecule has 2 N–H and O–H groups in total. The topological polar surface area (TPSA) is 80.3 Å². The van der Waals surface area contributed by atoms with E-state index >= 15 is 0 Å². The Morgan fingerprint density at radius 2 is 1.88 bits per heavy atom. The second-order valence-corrected chi connectivity index (χ2v) is 5.99. The molecule has 0 aliphatic carbocycles. The van der Waals surface area contributed by atoms with Crippen molar-refractivity contribution in [2.24, 2.45) is 0 Å². The SMILES string of the molecule is CCOCc1cc2c(-c3ccc(O)cc3)nc3[nH]ncc3c2cc1OC. The first kappa shape index (κ1) is 16.4. The number of aromatic hydroxyl groups is 1. The zero-order valence-corrected chi connectivity index (χ0v) is 14.6. The summed E-state index contributed by atoms with van der Waals surface area (Å²) < 4.78 is 11.2. The number of aromatic amines is 1. The van der Waals surface area contributed by atoms with E-state index in [0.29, 0.717) is 18.9 Å². The van der Waals surface area contributed by atoms with E-state index in [1.54, 1.807) is 25.4 Å². The van der Waals surface area contributed by atoms with E-state index in [4.69, 9.17) is 14.5 Å². The number of benzene rings is 2. The molecule has 0 amide bonds. The van der Waals surface area contributed by atoms with Crippen molar-refractivity contribution in [3.63, 3.8) is 0 Å². The van der Waals surface area contributed by atoms with Crippen LogP contribution in [0.15, 0.2) is 42.6 Å². The van der Waals surface area contributed by atoms with Crippen LogP contribution >= 0.6 is 0 Å². The number of phenolic OH excluding ortho intramolecular Hbond substituents is 1. The fraction of sp³-hybridized carbons (Fsp3) is 0.200. The van der Waals surface area contributed by atoms with Crippen LogP contribution in [0.1, 0.15) is 12.5 Å². The van der Waals surface area contributed by atoms with Gasteiger partial charge in [-0.25, -0.2) is 4.98 Å². The van der Waals surface area contributed by atoms with Gasteiger partial charge in [0.2, 0.25) is 0 Å². The summed E-state index contributed by atoms with van der Waals surface area (Å²) in [6, 6.07) is 11.1. The van der Waals surface area contributed by atoms with Crippen LogP contribution < -0.4 is 4.74 Å². The Morgan fingerprint density at radius 1 is 1.08 bits per heavy atom. The van der Waals surface area contributed by atoms with E-state index in [1.165, 1.54) is 0 Å². The van der Waals surface area contributed by atoms with E-state index in [9.17, 15) is 5.11 Å². The number of methoxy groups -OCH3 is 1. The highest BCUT2D eigenvalue weighted by atomic mass is 16.5. The molecule has 2 aromatic carbocycles. The molecule has 6 nitrogen and oxygen atoms in total. The Labute approximate surface area is 150 Å². The second kappa shape index (κ2) is 6.65. The lowest BCUT2D eigenvalue weighted by atomic mass is 9.99. The molecule has 0 aliphatic heterocycles. The molecule has 0 radical (unpaired) electrons. The van der Waals surface area contributed by atoms with Gasteiger partial charge in [-0.1, -0.05) is 0 Å². The number of pyridine rings is 1. The third kappa shape index (κ3) is 2.74. The average molecular weight is 349 g/mol. The summed E-state index contributed by atoms with van der Waals surface area (Å²) in [5.41, 5.74) is 3.40. The van der Waals surface area contributed by atoms with Gasteiger partial charge >= 0.3 is 0 Å². The molecule has 0 spiro atoms. The highest BCUT2D eigenvalue weighted by Crippen LogP contribution is 2.36. The molecule has 0 unspecified atom stereocenters. The molecule has 0 saturated heterocycles. The zero-order chi connectivity index (χ0) is 18.1. The molecular formula is C20H19N3O3. The maximum Gasteiger partial charge on any atom is 0.156 e. The van der Waals surface area contributed by atoms with Gasteiger partial charge in [0.05, 0.1) is 25.6 Å². The number of hydrogen-bond acceptors (Lipinski definition) is 5. The summed E-state index contributed by atoms with van der Waals surface area (Å²) in [6.07, 6.45) is 1.77. The molecule has 0 saturated carbocycles. The number of rotatable bonds is 5. The van der Waals surface area contributed by atoms with Gasteiger partial charge in [0, 0.05) is 33.9 Å². The summed E-state index contributed by atoms with van der Waals surface area (Å²) in [5, 5.41) is 19.6. The predicted molar refractivity (Wildman–Crippen MR) is 100 cm³/mol. The molecule has 0 atom stereocenters. The molecule has 4 aromatic rings. The van der Waals surface area contributed by atoms with Gasteiger partial charge in [-0.05, 0) is 43.3 Å². The molecule has 6 heteroatoms. The third-order valence-electron chi connectivity index (χ3n) is 4.41. The van der Waals surface area contributed by atoms with Crippen molar-refractivity contribution < 1.29 is 14.6 Å². The van der Waals surface area contributed by atoms with E-state index in [1.807, 2.05) is 25.1 Å². The van der Waals surface area contributed by atoms with Crippen molar-refractivity contribution in [2.75, 3.05) is 13.7 Å². The van der Waals surface area contributed by atoms with Gasteiger partial charge in [-0.3, -0.25) is 5.10 Å². The van der Waals surface area contributed by atoms with Gasteiger partial charge < -0.3 is 14.6 Å². The highest BCUT2D eigenvalue weighted by Gasteiger charge is 2.15. The first-order chi connectivity index (χ1) is 12.7. The van der Waals surface area contributed by atoms with Crippen molar-refractivity contribution in [1.82, 2.24) is 15.2 Å². The smallest absolute Gasteiger partial charge is 0.156 e. The Hall–Kier alpha value is -3.12. The molecule has 26 heavy (non-hydrogen) atoms. The van der Waals surface area contributed by atoms with E-state index < -0.39 is 0 Å². The summed E-state index contributed by atoms with van der Waals surface area (Å²) in [7, 11) is 1.66. The zero-order valence-electron chi connectivity index (χ0n) is 14.6. The average Bonchev–Trinajstić information content (AvgIpc) is 3.14. The Morgan fingerprint density at radius 3 is 2.62 bits per heavy atom. The normalized spacial score (nSPS) is 11.3. The number of nitrogens with zero attached hydrogens (tertiary/aromatic N) is 2. The van der Waals surface area contributed by atoms with Gasteiger partial charge in [-0.2, -0.15) is 5.10 Å². The van der Waals surface area contributed by atoms with Gasteiger partial charge in [0.25, 0.3) is 0 Å². The fourth-order valence-corrected chi connectivity index (χ4v) is 3.13. The van der Waals surface area contributed by atoms with Gasteiger partial charge in [0.15, 0.2) is 5.65 Å². The summed E-state index contributed by atoms with van der Waals surface area (Å²) in [4.78, 5) is 4.76. The molecule has 132 valence electrons. The van der Waals surface area contributed by atoms with Crippen molar-refractivity contribution in [3.8, 4) is 22.8 Å². The first-order valence-electron chi connectivity index (χ1n) is 8.42. The monoisotopic (exact) mass is 349 g/mol. The predicted octanol–water partition coefficient (Wildman–Crippen LogP) is 4.03. The van der Waals surface area contributed by atoms with Crippen molar-refractivity contribution in [3.05, 3.63) is 48.2 Å². The standard InChI is InChI=1S/C20H19N3O3/c1-3-26-11-13-8-16-15(9-18(13)25-2)17-10-21-23-20(17)22-19(16)12-4-6-14(24)7-5-12/h4-10,24H,3,11H2,1-2H3,(H,21,22,23). The number of aromatic nitrogens is 3. The number of hydrogen-bond donors (Lipinski definition) is 2. The lowest BCUT2D eigenvalue weighted by molar-refractivity contribution is 0.132. The van der Waals surface area contributed by atoms with Crippen LogP contribution in [0.25, 0.3) is 33.1 Å². The quantitative estimate of drug-likeness (QED) is 0.569. The molecule has 2 aromatic heterocycles. The van der Waals surface area contributed by atoms with Crippen LogP contribution in [0.5, 0.6) is 11.5 Å². The molecule has 4 rings (SSSR count). The molecule has 0 fully saturated rings. The molecule has 0 aliphatic rings. The summed E-state index contributed by atoms with van der Waals surface area (Å²) in [5.74, 6) is 0.996. The second-order valence-electron chi connectivity index (χ2n) is 5.99. The lowest BCUT2D eigenvalue weighted by Crippen LogP contribution is -1.98. The van der Waals surface area contributed by atoms with Crippen LogP contribution in [0.3, 0.4) is 0 Å². The van der Waals surface area contributed by atoms with E-state index in [-0.39, 0.29) is 5.75 Å². The van der Waals surface area contributed by atoms with Gasteiger partial charge in [0.1, 0.15) is 11.5 Å². The highest BCUT2D eigenvalue weighted by molar-refractivity contribution is 6.10. The Balaban J connectivity index is 2.03. The minimum atomic E-state index is 0.222. The number of ether oxygens (including phenoxy) is 2. The number of phenols is 1. The maximum absolute atomic E-state index is 9.60. The number of H-pyrrole nitrogens is 1. The molecule has 0 bridgehead atoms. The Bertz CT molecular complexity index is 1070. The van der Waals surface area contributed by atoms with Crippen molar-refractivity contribution in [2.45, 2.75) is 13.5 Å². The van der Waals surface area contributed by atoms with Gasteiger partial charge in [-0.15, -0.1) is 0 Å². The largest absolute Gasteiger partial charge is 0.508 e. The van der Waals surface area contributed by atoms with Crippen LogP contribution in [-0.4, -0.2) is 34.0 Å². The minimum Gasteiger partial charge on any atom is -0.508 e. The molecule has 2 heterocycles. The van der Waals surface area contributed by atoms with Crippen LogP contribution in [0, 0.1) is 0 Å². The lowest BCUT2D eigenvalue weighted by Gasteiger charge is -2.13. The number of nitrogens with one attached hydrogen (secondary N) is 1. The van der Waals surface area contributed by atoms with Crippen LogP contribution in [0.4, 0.5) is 0 Å². The minimum absolute atomic E-state index is 0.222. The molecular weight excluding hydrogens is 330 g/mol. The summed E-state index contributed by atoms with van der Waals surface area (Å²) >= 11 is 0. The van der Waals surface area contributed by atoms with Crippen LogP contribution in [-0.2, 0) is 11.3 Å². The van der Waals surface area contributed by atoms with Crippen LogP contribution in [0.2, 0.25) is 0 Å². The van der Waals surface area contributed by atoms with Crippen molar-refractivity contribution >= 4 is 21.8 Å². The fourth-order valence-electron chi connectivity index (χ4n) is 3.13. The van der Waals surface area contributed by atoms with E-state index in [2.05, 4.69) is 16.3 Å². The maximum atomic E-state index is 9.60. The van der Waals surface area contributed by atoms with Crippen molar-refractivity contribution in [1.29, 1.82) is 0 Å². The summed E-state index contributed by atoms with van der Waals surface area (Å²) in [6.45, 7) is 3.06. The first-order valence-corrected chi connectivity index (χ1v) is 8.42. The Kier molecular flexibility index (Phi) is 4.18.